The van der Waals surface area contributed by atoms with Crippen LogP contribution in [-0.4, -0.2) is 17.1 Å². The number of halogens is 1. The average Bonchev–Trinajstić information content (AvgIpc) is 3.04. The number of nitrogens with zero attached hydrogens (tertiary/aromatic N) is 2. The van der Waals surface area contributed by atoms with Crippen molar-refractivity contribution < 1.29 is 9.53 Å². The standard InChI is InChI=1S/C24H21ClN2O3S/c1-4-30-23(29)20-15(3)26-24-27(21(20)17-9-5-14(2)6-10-17)22(28)19(31-24)13-16-7-11-18(25)12-8-16/h5-13,21H,4H2,1-3H3/t21-/m1/s1. The molecule has 1 aliphatic heterocycles. The number of fused-ring (bicyclic) bond motifs is 1. The van der Waals surface area contributed by atoms with Gasteiger partial charge in [-0.3, -0.25) is 9.36 Å². The van der Waals surface area contributed by atoms with Gasteiger partial charge in [0, 0.05) is 5.02 Å². The van der Waals surface area contributed by atoms with Crippen molar-refractivity contribution in [2.24, 2.45) is 4.99 Å². The van der Waals surface area contributed by atoms with Gasteiger partial charge in [0.05, 0.1) is 28.5 Å². The van der Waals surface area contributed by atoms with Crippen LogP contribution < -0.4 is 14.9 Å². The van der Waals surface area contributed by atoms with Gasteiger partial charge >= 0.3 is 5.97 Å². The van der Waals surface area contributed by atoms with Gasteiger partial charge in [0.25, 0.3) is 5.56 Å². The smallest absolute Gasteiger partial charge is 0.338 e. The van der Waals surface area contributed by atoms with Crippen molar-refractivity contribution in [3.63, 3.8) is 0 Å². The Morgan fingerprint density at radius 2 is 1.84 bits per heavy atom. The summed E-state index contributed by atoms with van der Waals surface area (Å²) < 4.78 is 7.44. The van der Waals surface area contributed by atoms with Gasteiger partial charge < -0.3 is 4.74 Å². The second-order valence-corrected chi connectivity index (χ2v) is 8.71. The number of carbonyl (C=O) groups is 1. The largest absolute Gasteiger partial charge is 0.463 e. The quantitative estimate of drug-likeness (QED) is 0.566. The minimum atomic E-state index is -0.594. The number of allylic oxidation sites excluding steroid dienone is 1. The fourth-order valence-corrected chi connectivity index (χ4v) is 4.74. The molecule has 0 radical (unpaired) electrons. The van der Waals surface area contributed by atoms with Crippen LogP contribution in [0.4, 0.5) is 0 Å². The molecule has 0 saturated heterocycles. The number of rotatable bonds is 4. The van der Waals surface area contributed by atoms with Crippen molar-refractivity contribution in [2.45, 2.75) is 26.8 Å². The summed E-state index contributed by atoms with van der Waals surface area (Å²) in [5.74, 6) is -0.457. The number of ether oxygens (including phenoxy) is 1. The van der Waals surface area contributed by atoms with E-state index in [1.807, 2.05) is 49.4 Å². The van der Waals surface area contributed by atoms with E-state index in [0.717, 1.165) is 16.7 Å². The van der Waals surface area contributed by atoms with Gasteiger partial charge in [-0.05, 0) is 50.1 Å². The van der Waals surface area contributed by atoms with Gasteiger partial charge in [0.15, 0.2) is 4.80 Å². The molecule has 0 saturated carbocycles. The molecule has 158 valence electrons. The first-order valence-electron chi connectivity index (χ1n) is 9.91. The van der Waals surface area contributed by atoms with Gasteiger partial charge in [-0.25, -0.2) is 9.79 Å². The van der Waals surface area contributed by atoms with E-state index < -0.39 is 12.0 Å². The second-order valence-electron chi connectivity index (χ2n) is 7.26. The predicted octanol–water partition coefficient (Wildman–Crippen LogP) is 3.76. The van der Waals surface area contributed by atoms with Crippen molar-refractivity contribution in [1.29, 1.82) is 0 Å². The Morgan fingerprint density at radius 3 is 2.48 bits per heavy atom. The van der Waals surface area contributed by atoms with Crippen LogP contribution in [0.15, 0.2) is 69.6 Å². The van der Waals surface area contributed by atoms with E-state index in [2.05, 4.69) is 4.99 Å². The van der Waals surface area contributed by atoms with E-state index in [9.17, 15) is 9.59 Å². The van der Waals surface area contributed by atoms with Crippen LogP contribution >= 0.6 is 22.9 Å². The molecule has 0 unspecified atom stereocenters. The van der Waals surface area contributed by atoms with Crippen LogP contribution in [-0.2, 0) is 9.53 Å². The molecule has 2 aromatic carbocycles. The third kappa shape index (κ3) is 4.13. The van der Waals surface area contributed by atoms with Gasteiger partial charge in [-0.1, -0.05) is 64.9 Å². The highest BCUT2D eigenvalue weighted by Crippen LogP contribution is 2.30. The summed E-state index contributed by atoms with van der Waals surface area (Å²) in [4.78, 5) is 31.4. The zero-order valence-electron chi connectivity index (χ0n) is 17.4. The topological polar surface area (TPSA) is 60.7 Å². The molecule has 4 rings (SSSR count). The minimum Gasteiger partial charge on any atom is -0.463 e. The van der Waals surface area contributed by atoms with Crippen molar-refractivity contribution in [3.8, 4) is 0 Å². The molecule has 0 fully saturated rings. The van der Waals surface area contributed by atoms with Crippen LogP contribution in [0.1, 0.15) is 36.6 Å². The zero-order valence-corrected chi connectivity index (χ0v) is 19.0. The maximum atomic E-state index is 13.4. The van der Waals surface area contributed by atoms with Crippen LogP contribution in [0.3, 0.4) is 0 Å². The van der Waals surface area contributed by atoms with Crippen LogP contribution in [0, 0.1) is 6.92 Å². The molecule has 2 heterocycles. The summed E-state index contributed by atoms with van der Waals surface area (Å²) in [5.41, 5.74) is 3.54. The highest BCUT2D eigenvalue weighted by molar-refractivity contribution is 7.07. The molecule has 1 aromatic heterocycles. The monoisotopic (exact) mass is 452 g/mol. The number of thiazole rings is 1. The van der Waals surface area contributed by atoms with E-state index in [4.69, 9.17) is 16.3 Å². The summed E-state index contributed by atoms with van der Waals surface area (Å²) >= 11 is 7.27. The van der Waals surface area contributed by atoms with Crippen LogP contribution in [0.2, 0.25) is 5.02 Å². The van der Waals surface area contributed by atoms with Crippen molar-refractivity contribution in [1.82, 2.24) is 4.57 Å². The average molecular weight is 453 g/mol. The first-order chi connectivity index (χ1) is 14.9. The fraction of sp³-hybridized carbons (Fsp3) is 0.208. The van der Waals surface area contributed by atoms with E-state index in [0.29, 0.717) is 25.6 Å². The maximum absolute atomic E-state index is 13.4. The number of aromatic nitrogens is 1. The number of hydrogen-bond acceptors (Lipinski definition) is 5. The van der Waals surface area contributed by atoms with Gasteiger partial charge in [-0.2, -0.15) is 0 Å². The molecule has 5 nitrogen and oxygen atoms in total. The minimum absolute atomic E-state index is 0.196. The Morgan fingerprint density at radius 1 is 1.16 bits per heavy atom. The molecule has 0 aliphatic carbocycles. The highest BCUT2D eigenvalue weighted by Gasteiger charge is 2.33. The summed E-state index contributed by atoms with van der Waals surface area (Å²) in [5, 5.41) is 0.632. The molecular formula is C24H21ClN2O3S. The van der Waals surface area contributed by atoms with E-state index >= 15 is 0 Å². The van der Waals surface area contributed by atoms with E-state index in [1.54, 1.807) is 30.5 Å². The van der Waals surface area contributed by atoms with E-state index in [1.165, 1.54) is 11.3 Å². The number of benzene rings is 2. The van der Waals surface area contributed by atoms with Gasteiger partial charge in [-0.15, -0.1) is 0 Å². The molecule has 3 aromatic rings. The van der Waals surface area contributed by atoms with Gasteiger partial charge in [0.2, 0.25) is 0 Å². The zero-order chi connectivity index (χ0) is 22.1. The lowest BCUT2D eigenvalue weighted by Gasteiger charge is -2.24. The summed E-state index contributed by atoms with van der Waals surface area (Å²) in [6.07, 6.45) is 1.82. The van der Waals surface area contributed by atoms with Crippen LogP contribution in [0.25, 0.3) is 6.08 Å². The molecule has 31 heavy (non-hydrogen) atoms. The van der Waals surface area contributed by atoms with E-state index in [-0.39, 0.29) is 12.2 Å². The molecule has 1 atom stereocenters. The highest BCUT2D eigenvalue weighted by atomic mass is 35.5. The molecule has 0 N–H and O–H groups in total. The Bertz CT molecular complexity index is 1350. The summed E-state index contributed by atoms with van der Waals surface area (Å²) in [6, 6.07) is 14.5. The molecule has 0 bridgehead atoms. The first kappa shape index (κ1) is 21.3. The summed E-state index contributed by atoms with van der Waals surface area (Å²) in [6.45, 7) is 5.78. The second kappa shape index (κ2) is 8.65. The maximum Gasteiger partial charge on any atom is 0.338 e. The Hall–Kier alpha value is -2.96. The van der Waals surface area contributed by atoms with Crippen LogP contribution in [0.5, 0.6) is 0 Å². The molecule has 0 amide bonds. The lowest BCUT2D eigenvalue weighted by Crippen LogP contribution is -2.39. The van der Waals surface area contributed by atoms with Crippen molar-refractivity contribution in [3.05, 3.63) is 101 Å². The SMILES string of the molecule is CCOC(=O)C1=C(C)N=c2sc(=Cc3ccc(Cl)cc3)c(=O)n2[C@@H]1c1ccc(C)cc1. The number of hydrogen-bond donors (Lipinski definition) is 0. The third-order valence-electron chi connectivity index (χ3n) is 5.08. The molecular weight excluding hydrogens is 432 g/mol. The lowest BCUT2D eigenvalue weighted by atomic mass is 9.95. The van der Waals surface area contributed by atoms with Gasteiger partial charge in [0.1, 0.15) is 0 Å². The normalized spacial score (nSPS) is 16.1. The third-order valence-corrected chi connectivity index (χ3v) is 6.31. The van der Waals surface area contributed by atoms with Crippen molar-refractivity contribution in [2.75, 3.05) is 6.61 Å². The number of esters is 1. The van der Waals surface area contributed by atoms with Crippen molar-refractivity contribution >= 4 is 35.0 Å². The number of carbonyl (C=O) groups excluding carboxylic acids is 1. The fourth-order valence-electron chi connectivity index (χ4n) is 3.57. The summed E-state index contributed by atoms with van der Waals surface area (Å²) in [7, 11) is 0. The molecule has 0 spiro atoms. The first-order valence-corrected chi connectivity index (χ1v) is 11.1. The Labute approximate surface area is 188 Å². The Balaban J connectivity index is 1.94. The lowest BCUT2D eigenvalue weighted by molar-refractivity contribution is -0.139. The Kier molecular flexibility index (Phi) is 5.94. The molecule has 1 aliphatic rings. The molecule has 7 heteroatoms. The predicted molar refractivity (Wildman–Crippen MR) is 123 cm³/mol. The number of aryl methyl sites for hydroxylation is 1.